The number of amides is 2. The van der Waals surface area contributed by atoms with Gasteiger partial charge < -0.3 is 10.2 Å². The molecule has 0 heterocycles. The van der Waals surface area contributed by atoms with Crippen LogP contribution in [0.15, 0.2) is 89.8 Å². The van der Waals surface area contributed by atoms with E-state index in [1.807, 2.05) is 65.0 Å². The van der Waals surface area contributed by atoms with Crippen molar-refractivity contribution in [3.05, 3.63) is 96.1 Å². The second-order valence-electron chi connectivity index (χ2n) is 10.6. The smallest absolute Gasteiger partial charge is 0.264 e. The van der Waals surface area contributed by atoms with E-state index < -0.39 is 34.1 Å². The van der Waals surface area contributed by atoms with Gasteiger partial charge in [-0.15, -0.1) is 0 Å². The van der Waals surface area contributed by atoms with E-state index in [1.165, 1.54) is 4.90 Å². The minimum atomic E-state index is -4.06. The van der Waals surface area contributed by atoms with Gasteiger partial charge in [0.2, 0.25) is 11.8 Å². The van der Waals surface area contributed by atoms with Crippen LogP contribution in [0.2, 0.25) is 0 Å². The van der Waals surface area contributed by atoms with Crippen molar-refractivity contribution < 1.29 is 18.0 Å². The lowest BCUT2D eigenvalue weighted by Gasteiger charge is -2.34. The van der Waals surface area contributed by atoms with Crippen LogP contribution in [0.1, 0.15) is 45.2 Å². The summed E-state index contributed by atoms with van der Waals surface area (Å²) in [6.07, 6.45) is 0.917. The number of sulfonamides is 1. The Kier molecular flexibility index (Phi) is 9.92. The summed E-state index contributed by atoms with van der Waals surface area (Å²) < 4.78 is 28.8. The number of hydrogen-bond donors (Lipinski definition) is 1. The van der Waals surface area contributed by atoms with Crippen LogP contribution >= 0.6 is 0 Å². The monoisotopic (exact) mass is 549 g/mol. The predicted molar refractivity (Wildman–Crippen MR) is 156 cm³/mol. The maximum absolute atomic E-state index is 14.0. The highest BCUT2D eigenvalue weighted by molar-refractivity contribution is 7.92. The highest BCUT2D eigenvalue weighted by Gasteiger charge is 2.34. The molecule has 0 aliphatic rings. The molecule has 0 aliphatic heterocycles. The number of aryl methyl sites for hydroxylation is 1. The highest BCUT2D eigenvalue weighted by atomic mass is 32.2. The van der Waals surface area contributed by atoms with Crippen molar-refractivity contribution in [3.8, 4) is 0 Å². The highest BCUT2D eigenvalue weighted by Crippen LogP contribution is 2.24. The summed E-state index contributed by atoms with van der Waals surface area (Å²) in [7, 11) is -4.06. The molecule has 1 atom stereocenters. The van der Waals surface area contributed by atoms with E-state index in [0.717, 1.165) is 15.4 Å². The number of para-hydroxylation sites is 1. The first-order valence-corrected chi connectivity index (χ1v) is 14.7. The first kappa shape index (κ1) is 29.9. The van der Waals surface area contributed by atoms with Crippen LogP contribution in [0.5, 0.6) is 0 Å². The van der Waals surface area contributed by atoms with Gasteiger partial charge in [-0.1, -0.05) is 73.2 Å². The van der Waals surface area contributed by atoms with Crippen LogP contribution in [0.4, 0.5) is 5.69 Å². The molecule has 7 nitrogen and oxygen atoms in total. The Morgan fingerprint density at radius 2 is 1.44 bits per heavy atom. The van der Waals surface area contributed by atoms with E-state index in [-0.39, 0.29) is 17.3 Å². The fourth-order valence-corrected chi connectivity index (χ4v) is 5.72. The molecular formula is C31H39N3O4S. The number of hydrogen-bond acceptors (Lipinski definition) is 4. The first-order chi connectivity index (χ1) is 18.4. The third-order valence-electron chi connectivity index (χ3n) is 6.30. The number of carbonyl (C=O) groups excluding carboxylic acids is 2. The molecule has 3 aromatic carbocycles. The third-order valence-corrected chi connectivity index (χ3v) is 8.09. The summed E-state index contributed by atoms with van der Waals surface area (Å²) in [5, 5.41) is 2.99. The molecule has 3 aromatic rings. The quantitative estimate of drug-likeness (QED) is 0.367. The molecule has 208 valence electrons. The molecule has 0 saturated heterocycles. The lowest BCUT2D eigenvalue weighted by Crippen LogP contribution is -2.56. The molecule has 39 heavy (non-hydrogen) atoms. The van der Waals surface area contributed by atoms with Gasteiger partial charge in [0.05, 0.1) is 10.6 Å². The summed E-state index contributed by atoms with van der Waals surface area (Å²) in [5.74, 6) is -0.708. The van der Waals surface area contributed by atoms with Crippen molar-refractivity contribution in [2.45, 2.75) is 63.9 Å². The van der Waals surface area contributed by atoms with Gasteiger partial charge in [-0.3, -0.25) is 13.9 Å². The fraction of sp³-hybridized carbons (Fsp3) is 0.355. The minimum Gasteiger partial charge on any atom is -0.350 e. The van der Waals surface area contributed by atoms with Gasteiger partial charge in [-0.05, 0) is 70.4 Å². The molecule has 8 heteroatoms. The maximum Gasteiger partial charge on any atom is 0.264 e. The average Bonchev–Trinajstić information content (AvgIpc) is 2.89. The average molecular weight is 550 g/mol. The molecule has 0 aliphatic carbocycles. The molecule has 0 spiro atoms. The molecule has 0 aromatic heterocycles. The standard InChI is InChI=1S/C31H39N3O4S/c1-6-28(30(36)32-31(3,4)5)33(22-21-25-13-9-7-10-14-25)29(35)23-34(26-15-11-8-12-16-26)39(37,38)27-19-17-24(2)18-20-27/h7-20,28H,6,21-23H2,1-5H3,(H,32,36)/t28-/m0/s1. The van der Waals surface area contributed by atoms with E-state index in [2.05, 4.69) is 5.32 Å². The normalized spacial score (nSPS) is 12.4. The lowest BCUT2D eigenvalue weighted by molar-refractivity contribution is -0.140. The summed E-state index contributed by atoms with van der Waals surface area (Å²) in [6.45, 7) is 9.23. The second kappa shape index (κ2) is 12.9. The van der Waals surface area contributed by atoms with Crippen molar-refractivity contribution >= 4 is 27.5 Å². The zero-order valence-corrected chi connectivity index (χ0v) is 24.2. The molecule has 3 rings (SSSR count). The zero-order valence-electron chi connectivity index (χ0n) is 23.4. The van der Waals surface area contributed by atoms with Crippen molar-refractivity contribution in [3.63, 3.8) is 0 Å². The van der Waals surface area contributed by atoms with Gasteiger partial charge in [-0.2, -0.15) is 0 Å². The number of nitrogens with zero attached hydrogens (tertiary/aromatic N) is 2. The summed E-state index contributed by atoms with van der Waals surface area (Å²) >= 11 is 0. The SMILES string of the molecule is CC[C@@H](C(=O)NC(C)(C)C)N(CCc1ccccc1)C(=O)CN(c1ccccc1)S(=O)(=O)c1ccc(C)cc1. The van der Waals surface area contributed by atoms with Gasteiger partial charge in [0.1, 0.15) is 12.6 Å². The Bertz CT molecular complexity index is 1340. The fourth-order valence-electron chi connectivity index (χ4n) is 4.31. The molecule has 2 amide bonds. The van der Waals surface area contributed by atoms with Gasteiger partial charge in [-0.25, -0.2) is 8.42 Å². The third kappa shape index (κ3) is 8.17. The Balaban J connectivity index is 1.99. The minimum absolute atomic E-state index is 0.0955. The number of rotatable bonds is 11. The number of carbonyl (C=O) groups is 2. The molecule has 0 unspecified atom stereocenters. The van der Waals surface area contributed by atoms with Gasteiger partial charge in [0, 0.05) is 12.1 Å². The van der Waals surface area contributed by atoms with Crippen molar-refractivity contribution in [1.29, 1.82) is 0 Å². The largest absolute Gasteiger partial charge is 0.350 e. The van der Waals surface area contributed by atoms with E-state index >= 15 is 0 Å². The van der Waals surface area contributed by atoms with E-state index in [4.69, 9.17) is 0 Å². The lowest BCUT2D eigenvalue weighted by atomic mass is 10.1. The van der Waals surface area contributed by atoms with Crippen LogP contribution in [-0.4, -0.2) is 49.8 Å². The van der Waals surface area contributed by atoms with Crippen LogP contribution in [0.3, 0.4) is 0 Å². The topological polar surface area (TPSA) is 86.8 Å². The summed E-state index contributed by atoms with van der Waals surface area (Å²) in [6, 6.07) is 24.1. The van der Waals surface area contributed by atoms with Crippen molar-refractivity contribution in [2.24, 2.45) is 0 Å². The zero-order chi connectivity index (χ0) is 28.6. The Labute approximate surface area is 232 Å². The van der Waals surface area contributed by atoms with Crippen LogP contribution in [0, 0.1) is 6.92 Å². The predicted octanol–water partition coefficient (Wildman–Crippen LogP) is 4.95. The van der Waals surface area contributed by atoms with Gasteiger partial charge in [0.25, 0.3) is 10.0 Å². The summed E-state index contributed by atoms with van der Waals surface area (Å²) in [4.78, 5) is 28.9. The van der Waals surface area contributed by atoms with Crippen LogP contribution in [0.25, 0.3) is 0 Å². The second-order valence-corrected chi connectivity index (χ2v) is 12.5. The Morgan fingerprint density at radius 3 is 1.97 bits per heavy atom. The summed E-state index contributed by atoms with van der Waals surface area (Å²) in [5.41, 5.74) is 1.85. The molecule has 0 fully saturated rings. The van der Waals surface area contributed by atoms with E-state index in [0.29, 0.717) is 18.5 Å². The van der Waals surface area contributed by atoms with E-state index in [9.17, 15) is 18.0 Å². The Morgan fingerprint density at radius 1 is 0.872 bits per heavy atom. The molecule has 0 radical (unpaired) electrons. The molecule has 0 saturated carbocycles. The number of benzene rings is 3. The molecule has 0 bridgehead atoms. The van der Waals surface area contributed by atoms with Crippen molar-refractivity contribution in [1.82, 2.24) is 10.2 Å². The molecule has 1 N–H and O–H groups in total. The maximum atomic E-state index is 14.0. The number of anilines is 1. The molecular weight excluding hydrogens is 510 g/mol. The van der Waals surface area contributed by atoms with Crippen LogP contribution < -0.4 is 9.62 Å². The number of nitrogens with one attached hydrogen (secondary N) is 1. The van der Waals surface area contributed by atoms with Gasteiger partial charge in [0.15, 0.2) is 0 Å². The van der Waals surface area contributed by atoms with Crippen molar-refractivity contribution in [2.75, 3.05) is 17.4 Å². The first-order valence-electron chi connectivity index (χ1n) is 13.2. The Hall–Kier alpha value is -3.65. The van der Waals surface area contributed by atoms with Crippen LogP contribution in [-0.2, 0) is 26.0 Å². The van der Waals surface area contributed by atoms with Gasteiger partial charge >= 0.3 is 0 Å². The van der Waals surface area contributed by atoms with E-state index in [1.54, 1.807) is 54.6 Å².